The Morgan fingerprint density at radius 3 is 2.06 bits per heavy atom. The number of rotatable bonds is 11. The van der Waals surface area contributed by atoms with Crippen LogP contribution in [0, 0.1) is 0 Å². The molecule has 0 N–H and O–H groups in total. The summed E-state index contributed by atoms with van der Waals surface area (Å²) in [7, 11) is -3.28. The van der Waals surface area contributed by atoms with Crippen LogP contribution in [0.4, 0.5) is 0 Å². The van der Waals surface area contributed by atoms with E-state index in [2.05, 4.69) is 6.58 Å². The molecule has 4 nitrogen and oxygen atoms in total. The maximum absolute atomic E-state index is 12.1. The lowest BCUT2D eigenvalue weighted by Crippen LogP contribution is -2.55. The van der Waals surface area contributed by atoms with Crippen molar-refractivity contribution in [3.8, 4) is 0 Å². The van der Waals surface area contributed by atoms with Gasteiger partial charge in [0.05, 0.1) is 0 Å². The van der Waals surface area contributed by atoms with Crippen LogP contribution in [0.3, 0.4) is 0 Å². The van der Waals surface area contributed by atoms with E-state index in [9.17, 15) is 4.79 Å². The number of carbonyl (C=O) groups excluding carboxylic acids is 1. The van der Waals surface area contributed by atoms with Crippen molar-refractivity contribution in [1.82, 2.24) is 0 Å². The smallest absolute Gasteiger partial charge is 0.368 e. The summed E-state index contributed by atoms with van der Waals surface area (Å²) >= 11 is 0. The Morgan fingerprint density at radius 2 is 1.72 bits per heavy atom. The Hall–Kier alpha value is -0.493. The van der Waals surface area contributed by atoms with E-state index in [1.165, 1.54) is 6.08 Å². The summed E-state index contributed by atoms with van der Waals surface area (Å²) in [5.41, 5.74) is 0. The lowest BCUT2D eigenvalue weighted by Gasteiger charge is -2.29. The minimum atomic E-state index is -3.28. The van der Waals surface area contributed by atoms with Gasteiger partial charge in [-0.05, 0) is 32.3 Å². The molecule has 0 aliphatic heterocycles. The molecule has 0 amide bonds. The van der Waals surface area contributed by atoms with Crippen molar-refractivity contribution in [3.05, 3.63) is 12.7 Å². The van der Waals surface area contributed by atoms with E-state index in [1.54, 1.807) is 0 Å². The average molecular weight is 274 g/mol. The predicted molar refractivity (Wildman–Crippen MR) is 74.3 cm³/mol. The fourth-order valence-corrected chi connectivity index (χ4v) is 3.77. The normalized spacial score (nSPS) is 13.3. The lowest BCUT2D eigenvalue weighted by atomic mass is 10.3. The highest BCUT2D eigenvalue weighted by molar-refractivity contribution is 6.94. The van der Waals surface area contributed by atoms with Crippen molar-refractivity contribution in [3.63, 3.8) is 0 Å². The monoisotopic (exact) mass is 274 g/mol. The first-order valence-corrected chi connectivity index (χ1v) is 8.41. The first-order chi connectivity index (χ1) is 8.56. The van der Waals surface area contributed by atoms with Crippen LogP contribution in [-0.4, -0.2) is 33.5 Å². The molecule has 0 spiro atoms. The van der Waals surface area contributed by atoms with E-state index in [0.717, 1.165) is 19.3 Å². The van der Waals surface area contributed by atoms with E-state index in [1.807, 2.05) is 27.7 Å². The predicted octanol–water partition coefficient (Wildman–Crippen LogP) is 2.89. The first-order valence-electron chi connectivity index (χ1n) is 6.68. The zero-order valence-corrected chi connectivity index (χ0v) is 13.0. The number of hydrogen-bond acceptors (Lipinski definition) is 4. The maximum Gasteiger partial charge on any atom is 0.579 e. The molecule has 106 valence electrons. The molecule has 0 aromatic rings. The Bertz CT molecular complexity index is 247. The van der Waals surface area contributed by atoms with Crippen LogP contribution in [0.5, 0.6) is 0 Å². The standard InChI is InChI=1S/C13H26O4Si/c1-6-10-15-18(13(14)9-4,16-11-7-2)17-12(5)8-3/h9,12H,4,6-8,10-11H2,1-3,5H3. The van der Waals surface area contributed by atoms with Gasteiger partial charge in [-0.25, -0.2) is 0 Å². The highest BCUT2D eigenvalue weighted by Gasteiger charge is 2.49. The summed E-state index contributed by atoms with van der Waals surface area (Å²) in [5.74, 6) is 0. The Labute approximate surface area is 112 Å². The fourth-order valence-electron chi connectivity index (χ4n) is 1.26. The summed E-state index contributed by atoms with van der Waals surface area (Å²) in [5, 5.41) is -0.246. The third-order valence-electron chi connectivity index (χ3n) is 2.41. The molecule has 0 aromatic carbocycles. The van der Waals surface area contributed by atoms with E-state index in [0.29, 0.717) is 13.2 Å². The minimum absolute atomic E-state index is 0.0609. The SMILES string of the molecule is C=CC(=O)[Si](OCCC)(OCCC)OC(C)CC. The van der Waals surface area contributed by atoms with Crippen molar-refractivity contribution in [2.24, 2.45) is 0 Å². The third kappa shape index (κ3) is 5.43. The minimum Gasteiger partial charge on any atom is -0.368 e. The highest BCUT2D eigenvalue weighted by atomic mass is 28.4. The molecule has 0 aliphatic carbocycles. The molecule has 0 saturated carbocycles. The van der Waals surface area contributed by atoms with Crippen molar-refractivity contribution in [2.75, 3.05) is 13.2 Å². The summed E-state index contributed by atoms with van der Waals surface area (Å²) in [6, 6.07) is 0. The van der Waals surface area contributed by atoms with Gasteiger partial charge in [0, 0.05) is 19.3 Å². The van der Waals surface area contributed by atoms with Crippen LogP contribution in [0.2, 0.25) is 0 Å². The van der Waals surface area contributed by atoms with Crippen LogP contribution >= 0.6 is 0 Å². The van der Waals surface area contributed by atoms with Gasteiger partial charge in [-0.15, -0.1) is 0 Å². The van der Waals surface area contributed by atoms with E-state index < -0.39 is 8.80 Å². The largest absolute Gasteiger partial charge is 0.579 e. The molecule has 0 saturated heterocycles. The molecule has 0 heterocycles. The van der Waals surface area contributed by atoms with Crippen molar-refractivity contribution in [2.45, 2.75) is 53.1 Å². The van der Waals surface area contributed by atoms with Crippen LogP contribution in [0.15, 0.2) is 12.7 Å². The van der Waals surface area contributed by atoms with Crippen molar-refractivity contribution in [1.29, 1.82) is 0 Å². The maximum atomic E-state index is 12.1. The Morgan fingerprint density at radius 1 is 1.22 bits per heavy atom. The Kier molecular flexibility index (Phi) is 9.18. The van der Waals surface area contributed by atoms with Crippen LogP contribution in [0.1, 0.15) is 47.0 Å². The lowest BCUT2D eigenvalue weighted by molar-refractivity contribution is -0.116. The van der Waals surface area contributed by atoms with Gasteiger partial charge < -0.3 is 13.3 Å². The number of allylic oxidation sites excluding steroid dienone is 1. The zero-order chi connectivity index (χ0) is 14.0. The molecule has 1 unspecified atom stereocenters. The van der Waals surface area contributed by atoms with Crippen LogP contribution in [0.25, 0.3) is 0 Å². The number of hydrogen-bond donors (Lipinski definition) is 0. The van der Waals surface area contributed by atoms with Gasteiger partial charge in [0.25, 0.3) is 0 Å². The quantitative estimate of drug-likeness (QED) is 0.429. The fraction of sp³-hybridized carbons (Fsp3) is 0.769. The van der Waals surface area contributed by atoms with Gasteiger partial charge in [0.1, 0.15) is 0 Å². The molecule has 0 radical (unpaired) electrons. The Balaban J connectivity index is 4.97. The van der Waals surface area contributed by atoms with Gasteiger partial charge in [0.2, 0.25) is 5.41 Å². The molecule has 0 bridgehead atoms. The summed E-state index contributed by atoms with van der Waals surface area (Å²) in [4.78, 5) is 12.1. The van der Waals surface area contributed by atoms with Gasteiger partial charge in [-0.1, -0.05) is 27.4 Å². The molecular weight excluding hydrogens is 248 g/mol. The van der Waals surface area contributed by atoms with Gasteiger partial charge in [-0.2, -0.15) is 0 Å². The molecule has 0 fully saturated rings. The van der Waals surface area contributed by atoms with Crippen LogP contribution < -0.4 is 0 Å². The highest BCUT2D eigenvalue weighted by Crippen LogP contribution is 2.17. The molecule has 18 heavy (non-hydrogen) atoms. The first kappa shape index (κ1) is 17.5. The topological polar surface area (TPSA) is 44.8 Å². The summed E-state index contributed by atoms with van der Waals surface area (Å²) < 4.78 is 17.2. The second-order valence-corrected chi connectivity index (χ2v) is 6.58. The molecular formula is C13H26O4Si. The van der Waals surface area contributed by atoms with Gasteiger partial charge in [0.15, 0.2) is 0 Å². The van der Waals surface area contributed by atoms with E-state index in [4.69, 9.17) is 13.3 Å². The van der Waals surface area contributed by atoms with Gasteiger partial charge in [-0.3, -0.25) is 4.79 Å². The van der Waals surface area contributed by atoms with Gasteiger partial charge >= 0.3 is 8.80 Å². The molecule has 0 aromatic heterocycles. The van der Waals surface area contributed by atoms with Crippen molar-refractivity contribution < 1.29 is 18.1 Å². The molecule has 0 rings (SSSR count). The van der Waals surface area contributed by atoms with E-state index >= 15 is 0 Å². The molecule has 1 atom stereocenters. The molecule has 0 aliphatic rings. The second-order valence-electron chi connectivity index (χ2n) is 4.16. The van der Waals surface area contributed by atoms with Crippen LogP contribution in [-0.2, 0) is 18.1 Å². The number of carbonyl (C=O) groups is 1. The second kappa shape index (κ2) is 9.44. The summed E-state index contributed by atoms with van der Waals surface area (Å²) in [6.07, 6.45) is 3.63. The average Bonchev–Trinajstić information content (AvgIpc) is 2.40. The van der Waals surface area contributed by atoms with E-state index in [-0.39, 0.29) is 11.5 Å². The zero-order valence-electron chi connectivity index (χ0n) is 12.0. The summed E-state index contributed by atoms with van der Waals surface area (Å²) in [6.45, 7) is 12.3. The van der Waals surface area contributed by atoms with Crippen molar-refractivity contribution >= 4 is 14.2 Å². The third-order valence-corrected chi connectivity index (χ3v) is 5.10. The molecule has 5 heteroatoms.